The Bertz CT molecular complexity index is 3290. The van der Waals surface area contributed by atoms with Gasteiger partial charge in [0.25, 0.3) is 0 Å². The molecule has 2 fully saturated rings. The highest BCUT2D eigenvalue weighted by Gasteiger charge is 2.23. The molecule has 2 atom stereocenters. The molecule has 72 heavy (non-hydrogen) atoms. The van der Waals surface area contributed by atoms with Crippen LogP contribution in [-0.4, -0.2) is 108 Å². The number of rotatable bonds is 9. The first kappa shape index (κ1) is 49.3. The maximum atomic E-state index is 5.97. The Morgan fingerprint density at radius 3 is 1.36 bits per heavy atom. The minimum Gasteiger partial charge on any atom is -0.351 e. The summed E-state index contributed by atoms with van der Waals surface area (Å²) in [7, 11) is 3.80. The Balaban J connectivity index is 0.000000146. The minimum absolute atomic E-state index is 0. The van der Waals surface area contributed by atoms with Gasteiger partial charge in [-0.15, -0.1) is 0 Å². The largest absolute Gasteiger partial charge is 0.351 e. The third-order valence-corrected chi connectivity index (χ3v) is 13.5. The smallest absolute Gasteiger partial charge is 0.225 e. The van der Waals surface area contributed by atoms with E-state index in [1.165, 1.54) is 42.3 Å². The van der Waals surface area contributed by atoms with E-state index in [1.54, 1.807) is 26.4 Å². The predicted octanol–water partition coefficient (Wildman–Crippen LogP) is 8.91. The van der Waals surface area contributed by atoms with Crippen LogP contribution >= 0.6 is 25.1 Å². The Kier molecular flexibility index (Phi) is 15.5. The lowest BCUT2D eigenvalue weighted by Gasteiger charge is -2.35. The molecule has 2 saturated heterocycles. The van der Waals surface area contributed by atoms with Gasteiger partial charge in [0.1, 0.15) is 23.7 Å². The van der Waals surface area contributed by atoms with Gasteiger partial charge in [-0.2, -0.15) is 33.9 Å². The minimum atomic E-state index is 0. The lowest BCUT2D eigenvalue weighted by Crippen LogP contribution is -2.47. The maximum Gasteiger partial charge on any atom is 0.225 e. The van der Waals surface area contributed by atoms with Crippen molar-refractivity contribution in [1.82, 2.24) is 68.7 Å². The Morgan fingerprint density at radius 2 is 0.889 bits per heavy atom. The summed E-state index contributed by atoms with van der Waals surface area (Å²) in [4.78, 5) is 33.9. The fourth-order valence-electron chi connectivity index (χ4n) is 9.03. The average Bonchev–Trinajstić information content (AvgIpc) is 4.27. The summed E-state index contributed by atoms with van der Waals surface area (Å²) in [6.07, 6.45) is 26.3. The Labute approximate surface area is 430 Å². The van der Waals surface area contributed by atoms with Crippen molar-refractivity contribution in [3.63, 3.8) is 0 Å². The molecule has 0 aliphatic carbocycles. The van der Waals surface area contributed by atoms with Gasteiger partial charge in [-0.05, 0) is 53.6 Å². The van der Waals surface area contributed by atoms with Crippen LogP contribution in [0.25, 0.3) is 33.3 Å². The zero-order chi connectivity index (χ0) is 48.7. The summed E-state index contributed by atoms with van der Waals surface area (Å²) in [5.74, 6) is 3.21. The predicted molar refractivity (Wildman–Crippen MR) is 288 cm³/mol. The number of anilines is 3. The molecule has 19 heteroatoms. The van der Waals surface area contributed by atoms with Crippen LogP contribution in [0.1, 0.15) is 67.2 Å². The molecule has 0 radical (unpaired) electrons. The van der Waals surface area contributed by atoms with E-state index in [1.807, 2.05) is 92.6 Å². The van der Waals surface area contributed by atoms with Gasteiger partial charge < -0.3 is 14.7 Å². The highest BCUT2D eigenvalue weighted by Crippen LogP contribution is 2.29. The van der Waals surface area contributed by atoms with Crippen LogP contribution in [-0.2, 0) is 14.1 Å². The van der Waals surface area contributed by atoms with Crippen LogP contribution in [0.2, 0.25) is 5.15 Å². The average molecular weight is 1000 g/mol. The van der Waals surface area contributed by atoms with Crippen LogP contribution in [0.3, 0.4) is 0 Å². The molecular formula is C53H58ClN17S. The standard InChI is InChI=1S/C26H27N9.C17H21N3.C10H8ClN5.H2S/c1-19(20-6-4-3-5-7-20)22-13-27-26(28-14-22)34-10-8-33(9-11-34)25-24-12-21(17-35(24)31-18-29-25)23-15-30-32(2)16-23;1-14(15-8-4-2-5-9-15)16-12-18-17(19-13-16)20-10-6-3-7-11-20;1-15-4-8(3-13-15)7-2-9-10(11)12-6-14-16(9)5-7;/h3-7,12-19H,8-11H2,1-2H3;2,4-5,8-9,12-14H,3,6-7,10-11H2,1H3;2-6H,1H3;1H2/t19-;14-;;/m00../s1. The number of aryl methyl sites for hydroxylation is 2. The topological polar surface area (TPSA) is 157 Å². The summed E-state index contributed by atoms with van der Waals surface area (Å²) in [6.45, 7) is 9.92. The number of hydrogen-bond donors (Lipinski definition) is 0. The summed E-state index contributed by atoms with van der Waals surface area (Å²) >= 11 is 5.97. The third kappa shape index (κ3) is 11.2. The van der Waals surface area contributed by atoms with E-state index in [0.29, 0.717) is 11.1 Å². The highest BCUT2D eigenvalue weighted by atomic mass is 35.5. The van der Waals surface area contributed by atoms with Gasteiger partial charge >= 0.3 is 0 Å². The van der Waals surface area contributed by atoms with Crippen molar-refractivity contribution in [2.45, 2.75) is 44.9 Å². The van der Waals surface area contributed by atoms with Gasteiger partial charge in [-0.25, -0.2) is 38.9 Å². The Morgan fingerprint density at radius 1 is 0.444 bits per heavy atom. The summed E-state index contributed by atoms with van der Waals surface area (Å²) in [5, 5.41) is 17.4. The molecule has 2 aliphatic rings. The fraction of sp³-hybridized carbons (Fsp3) is 0.283. The van der Waals surface area contributed by atoms with Gasteiger partial charge in [-0.3, -0.25) is 9.36 Å². The second-order valence-corrected chi connectivity index (χ2v) is 18.3. The van der Waals surface area contributed by atoms with Crippen molar-refractivity contribution in [2.24, 2.45) is 14.1 Å². The molecule has 2 aromatic carbocycles. The van der Waals surface area contributed by atoms with Crippen LogP contribution < -0.4 is 14.7 Å². The molecule has 0 bridgehead atoms. The number of fused-ring (bicyclic) bond motifs is 2. The van der Waals surface area contributed by atoms with E-state index < -0.39 is 0 Å². The molecule has 12 rings (SSSR count). The molecule has 10 heterocycles. The molecule has 0 saturated carbocycles. The SMILES string of the molecule is C[C@@H](c1ccccc1)c1cnc(N2CCCCC2)nc1.C[C@@H](c1ccccc1)c1cnc(N2CCN(c3ncnn4cc(-c5cnn(C)c5)cc34)CC2)nc1.Cn1cc(-c2cc3c(Cl)ncnn3c2)cn1.S. The summed E-state index contributed by atoms with van der Waals surface area (Å²) < 4.78 is 7.16. The lowest BCUT2D eigenvalue weighted by molar-refractivity contribution is 0.567. The van der Waals surface area contributed by atoms with Gasteiger partial charge in [0, 0.05) is 137 Å². The second kappa shape index (κ2) is 22.6. The van der Waals surface area contributed by atoms with Gasteiger partial charge in [-0.1, -0.05) is 86.1 Å². The molecule has 0 amide bonds. The first-order valence-electron chi connectivity index (χ1n) is 24.0. The van der Waals surface area contributed by atoms with Crippen LogP contribution in [0.15, 0.2) is 147 Å². The molecule has 0 unspecified atom stereocenters. The number of aromatic nitrogens is 14. The third-order valence-electron chi connectivity index (χ3n) is 13.2. The highest BCUT2D eigenvalue weighted by molar-refractivity contribution is 7.59. The van der Waals surface area contributed by atoms with Crippen molar-refractivity contribution >= 4 is 53.8 Å². The normalized spacial score (nSPS) is 14.5. The van der Waals surface area contributed by atoms with Crippen LogP contribution in [0.5, 0.6) is 0 Å². The number of nitrogens with zero attached hydrogens (tertiary/aromatic N) is 17. The van der Waals surface area contributed by atoms with Crippen molar-refractivity contribution in [1.29, 1.82) is 0 Å². The van der Waals surface area contributed by atoms with E-state index in [2.05, 4.69) is 123 Å². The van der Waals surface area contributed by atoms with E-state index in [0.717, 1.165) is 95.8 Å². The summed E-state index contributed by atoms with van der Waals surface area (Å²) in [6, 6.07) is 25.1. The molecular weight excluding hydrogens is 942 g/mol. The fourth-order valence-corrected chi connectivity index (χ4v) is 9.22. The van der Waals surface area contributed by atoms with E-state index in [4.69, 9.17) is 21.6 Å². The van der Waals surface area contributed by atoms with Gasteiger partial charge in [0.2, 0.25) is 11.9 Å². The van der Waals surface area contributed by atoms with Crippen molar-refractivity contribution in [3.8, 4) is 22.3 Å². The zero-order valence-corrected chi connectivity index (χ0v) is 42.6. The number of piperidine rings is 1. The van der Waals surface area contributed by atoms with Gasteiger partial charge in [0.15, 0.2) is 11.0 Å². The van der Waals surface area contributed by atoms with Crippen molar-refractivity contribution in [3.05, 3.63) is 175 Å². The monoisotopic (exact) mass is 999 g/mol. The zero-order valence-electron chi connectivity index (χ0n) is 40.9. The van der Waals surface area contributed by atoms with E-state index >= 15 is 0 Å². The van der Waals surface area contributed by atoms with Crippen LogP contribution in [0, 0.1) is 0 Å². The number of halogens is 1. The summed E-state index contributed by atoms with van der Waals surface area (Å²) in [5.41, 5.74) is 10.9. The van der Waals surface area contributed by atoms with Crippen LogP contribution in [0.4, 0.5) is 17.7 Å². The second-order valence-electron chi connectivity index (χ2n) is 18.0. The van der Waals surface area contributed by atoms with Crippen molar-refractivity contribution in [2.75, 3.05) is 54.0 Å². The molecule has 10 aromatic rings. The molecule has 368 valence electrons. The first-order valence-corrected chi connectivity index (χ1v) is 24.4. The number of hydrogen-bond acceptors (Lipinski definition) is 13. The quantitative estimate of drug-likeness (QED) is 0.135. The first-order chi connectivity index (χ1) is 34.7. The molecule has 0 spiro atoms. The molecule has 17 nitrogen and oxygen atoms in total. The molecule has 8 aromatic heterocycles. The van der Waals surface area contributed by atoms with E-state index in [-0.39, 0.29) is 19.4 Å². The van der Waals surface area contributed by atoms with E-state index in [9.17, 15) is 0 Å². The molecule has 2 aliphatic heterocycles. The number of piperazine rings is 1. The molecule has 0 N–H and O–H groups in total. The van der Waals surface area contributed by atoms with Gasteiger partial charge in [0.05, 0.1) is 12.4 Å². The Hall–Kier alpha value is -7.70. The maximum absolute atomic E-state index is 5.97. The van der Waals surface area contributed by atoms with Crippen molar-refractivity contribution < 1.29 is 0 Å². The number of benzene rings is 2. The lowest BCUT2D eigenvalue weighted by atomic mass is 9.96.